The molecule has 4 rings (SSSR count). The minimum Gasteiger partial charge on any atom is -0.307 e. The third-order valence-electron chi connectivity index (χ3n) is 3.83. The second kappa shape index (κ2) is 7.51. The van der Waals surface area contributed by atoms with Gasteiger partial charge in [-0.3, -0.25) is 4.57 Å². The third-order valence-corrected chi connectivity index (χ3v) is 4.71. The molecular weight excluding hydrogens is 346 g/mol. The van der Waals surface area contributed by atoms with E-state index in [4.69, 9.17) is 0 Å². The standard InChI is InChI=1S/C18H17N7S/c1-13-20-7-8-25(13)16-4-3-14(10-23-16)9-19-11-15-12-26-18(24-15)17-21-5-2-6-22-17/h2-8,10,12,19H,9,11H2,1H3. The van der Waals surface area contributed by atoms with E-state index < -0.39 is 0 Å². The van der Waals surface area contributed by atoms with E-state index in [1.165, 1.54) is 0 Å². The van der Waals surface area contributed by atoms with Gasteiger partial charge in [0.05, 0.1) is 5.69 Å². The van der Waals surface area contributed by atoms with E-state index in [1.54, 1.807) is 36.0 Å². The van der Waals surface area contributed by atoms with Crippen LogP contribution in [0.5, 0.6) is 0 Å². The monoisotopic (exact) mass is 363 g/mol. The molecule has 0 fully saturated rings. The predicted molar refractivity (Wildman–Crippen MR) is 99.8 cm³/mol. The Kier molecular flexibility index (Phi) is 4.76. The smallest absolute Gasteiger partial charge is 0.188 e. The van der Waals surface area contributed by atoms with E-state index in [0.29, 0.717) is 12.4 Å². The van der Waals surface area contributed by atoms with Crippen molar-refractivity contribution in [3.8, 4) is 16.6 Å². The van der Waals surface area contributed by atoms with Crippen molar-refractivity contribution in [1.82, 2.24) is 34.8 Å². The zero-order valence-electron chi connectivity index (χ0n) is 14.2. The average Bonchev–Trinajstić information content (AvgIpc) is 3.32. The maximum Gasteiger partial charge on any atom is 0.188 e. The van der Waals surface area contributed by atoms with Gasteiger partial charge in [0.15, 0.2) is 10.8 Å². The number of pyridine rings is 1. The van der Waals surface area contributed by atoms with Crippen molar-refractivity contribution in [3.05, 3.63) is 71.6 Å². The number of hydrogen-bond acceptors (Lipinski definition) is 7. The number of aryl methyl sites for hydroxylation is 1. The van der Waals surface area contributed by atoms with Crippen molar-refractivity contribution in [2.24, 2.45) is 0 Å². The Morgan fingerprint density at radius 2 is 1.92 bits per heavy atom. The van der Waals surface area contributed by atoms with E-state index in [1.807, 2.05) is 35.3 Å². The second-order valence-electron chi connectivity index (χ2n) is 5.69. The zero-order chi connectivity index (χ0) is 17.8. The molecule has 0 aliphatic heterocycles. The molecule has 0 radical (unpaired) electrons. The molecule has 7 nitrogen and oxygen atoms in total. The summed E-state index contributed by atoms with van der Waals surface area (Å²) in [6, 6.07) is 5.87. The maximum atomic E-state index is 4.57. The largest absolute Gasteiger partial charge is 0.307 e. The summed E-state index contributed by atoms with van der Waals surface area (Å²) in [4.78, 5) is 21.8. The molecule has 8 heteroatoms. The number of hydrogen-bond donors (Lipinski definition) is 1. The number of aromatic nitrogens is 6. The second-order valence-corrected chi connectivity index (χ2v) is 6.55. The Morgan fingerprint density at radius 1 is 1.04 bits per heavy atom. The van der Waals surface area contributed by atoms with Gasteiger partial charge in [0.1, 0.15) is 11.6 Å². The quantitative estimate of drug-likeness (QED) is 0.567. The molecule has 0 saturated carbocycles. The van der Waals surface area contributed by atoms with Crippen molar-refractivity contribution in [3.63, 3.8) is 0 Å². The van der Waals surface area contributed by atoms with Crippen molar-refractivity contribution in [2.75, 3.05) is 0 Å². The van der Waals surface area contributed by atoms with Gasteiger partial charge in [0.2, 0.25) is 0 Å². The Bertz CT molecular complexity index is 976. The van der Waals surface area contributed by atoms with Crippen LogP contribution in [-0.2, 0) is 13.1 Å². The molecule has 0 spiro atoms. The van der Waals surface area contributed by atoms with Crippen LogP contribution in [-0.4, -0.2) is 29.5 Å². The molecule has 4 heterocycles. The van der Waals surface area contributed by atoms with Gasteiger partial charge in [-0.05, 0) is 24.6 Å². The summed E-state index contributed by atoms with van der Waals surface area (Å²) >= 11 is 1.55. The number of nitrogens with one attached hydrogen (secondary N) is 1. The zero-order valence-corrected chi connectivity index (χ0v) is 15.0. The number of rotatable bonds is 6. The Hall–Kier alpha value is -2.97. The lowest BCUT2D eigenvalue weighted by Crippen LogP contribution is -2.13. The van der Waals surface area contributed by atoms with E-state index >= 15 is 0 Å². The normalized spacial score (nSPS) is 11.0. The molecule has 1 N–H and O–H groups in total. The average molecular weight is 363 g/mol. The van der Waals surface area contributed by atoms with Crippen LogP contribution in [0.25, 0.3) is 16.6 Å². The van der Waals surface area contributed by atoms with Gasteiger partial charge in [-0.15, -0.1) is 11.3 Å². The molecule has 0 bridgehead atoms. The molecule has 0 amide bonds. The van der Waals surface area contributed by atoms with E-state index in [0.717, 1.165) is 34.5 Å². The number of nitrogens with zero attached hydrogens (tertiary/aromatic N) is 6. The fraction of sp³-hybridized carbons (Fsp3) is 0.167. The summed E-state index contributed by atoms with van der Waals surface area (Å²) in [6.45, 7) is 3.37. The fourth-order valence-corrected chi connectivity index (χ4v) is 3.28. The highest BCUT2D eigenvalue weighted by Gasteiger charge is 2.07. The van der Waals surface area contributed by atoms with Gasteiger partial charge in [-0.2, -0.15) is 0 Å². The third kappa shape index (κ3) is 3.66. The molecule has 0 saturated heterocycles. The van der Waals surface area contributed by atoms with Crippen LogP contribution in [0.1, 0.15) is 17.1 Å². The maximum absolute atomic E-state index is 4.57. The van der Waals surface area contributed by atoms with Crippen LogP contribution in [0.4, 0.5) is 0 Å². The molecule has 26 heavy (non-hydrogen) atoms. The highest BCUT2D eigenvalue weighted by Crippen LogP contribution is 2.19. The van der Waals surface area contributed by atoms with Crippen LogP contribution < -0.4 is 5.32 Å². The first-order chi connectivity index (χ1) is 12.8. The molecule has 130 valence electrons. The molecule has 4 aromatic heterocycles. The molecule has 0 unspecified atom stereocenters. The van der Waals surface area contributed by atoms with Gasteiger partial charge in [-0.25, -0.2) is 24.9 Å². The first-order valence-corrected chi connectivity index (χ1v) is 9.05. The molecule has 0 atom stereocenters. The van der Waals surface area contributed by atoms with Crippen LogP contribution >= 0.6 is 11.3 Å². The molecule has 0 aromatic carbocycles. The van der Waals surface area contributed by atoms with E-state index in [2.05, 4.69) is 36.3 Å². The van der Waals surface area contributed by atoms with Crippen LogP contribution in [0.2, 0.25) is 0 Å². The first-order valence-electron chi connectivity index (χ1n) is 8.17. The molecular formula is C18H17N7S. The number of imidazole rings is 1. The lowest BCUT2D eigenvalue weighted by molar-refractivity contribution is 0.680. The number of thiazole rings is 1. The minimum atomic E-state index is 0.665. The van der Waals surface area contributed by atoms with Crippen LogP contribution in [0, 0.1) is 6.92 Å². The van der Waals surface area contributed by atoms with Gasteiger partial charge in [0, 0.05) is 49.5 Å². The lowest BCUT2D eigenvalue weighted by atomic mass is 10.2. The predicted octanol–water partition coefficient (Wildman–Crippen LogP) is 2.78. The van der Waals surface area contributed by atoms with Crippen LogP contribution in [0.3, 0.4) is 0 Å². The van der Waals surface area contributed by atoms with Crippen molar-refractivity contribution >= 4 is 11.3 Å². The van der Waals surface area contributed by atoms with Gasteiger partial charge >= 0.3 is 0 Å². The molecule has 0 aliphatic carbocycles. The summed E-state index contributed by atoms with van der Waals surface area (Å²) in [6.07, 6.45) is 9.01. The lowest BCUT2D eigenvalue weighted by Gasteiger charge is -2.06. The summed E-state index contributed by atoms with van der Waals surface area (Å²) in [5.74, 6) is 2.46. The summed E-state index contributed by atoms with van der Waals surface area (Å²) in [7, 11) is 0. The Labute approximate surface area is 154 Å². The molecule has 4 aromatic rings. The SMILES string of the molecule is Cc1nccn1-c1ccc(CNCc2csc(-c3ncccn3)n2)cn1. The first kappa shape index (κ1) is 16.5. The highest BCUT2D eigenvalue weighted by molar-refractivity contribution is 7.13. The summed E-state index contributed by atoms with van der Waals surface area (Å²) < 4.78 is 1.96. The minimum absolute atomic E-state index is 0.665. The molecule has 0 aliphatic rings. The van der Waals surface area contributed by atoms with Crippen molar-refractivity contribution < 1.29 is 0 Å². The Morgan fingerprint density at radius 3 is 2.65 bits per heavy atom. The van der Waals surface area contributed by atoms with Gasteiger partial charge in [0.25, 0.3) is 0 Å². The van der Waals surface area contributed by atoms with E-state index in [-0.39, 0.29) is 0 Å². The Balaban J connectivity index is 1.34. The van der Waals surface area contributed by atoms with Gasteiger partial charge in [-0.1, -0.05) is 6.07 Å². The highest BCUT2D eigenvalue weighted by atomic mass is 32.1. The van der Waals surface area contributed by atoms with E-state index in [9.17, 15) is 0 Å². The summed E-state index contributed by atoms with van der Waals surface area (Å²) in [5, 5.41) is 6.26. The van der Waals surface area contributed by atoms with Crippen LogP contribution in [0.15, 0.2) is 54.6 Å². The van der Waals surface area contributed by atoms with Crippen molar-refractivity contribution in [1.29, 1.82) is 0 Å². The van der Waals surface area contributed by atoms with Gasteiger partial charge < -0.3 is 5.32 Å². The van der Waals surface area contributed by atoms with Crippen molar-refractivity contribution in [2.45, 2.75) is 20.0 Å². The fourth-order valence-electron chi connectivity index (χ4n) is 2.52. The summed E-state index contributed by atoms with van der Waals surface area (Å²) in [5.41, 5.74) is 2.10. The topological polar surface area (TPSA) is 81.4 Å².